The molecule has 2 rings (SSSR count). The molecule has 5 nitrogen and oxygen atoms in total. The van der Waals surface area contributed by atoms with Gasteiger partial charge >= 0.3 is 0 Å². The van der Waals surface area contributed by atoms with Crippen molar-refractivity contribution in [2.45, 2.75) is 44.7 Å². The molecule has 0 radical (unpaired) electrons. The smallest absolute Gasteiger partial charge is 0.268 e. The molecule has 1 aromatic rings. The van der Waals surface area contributed by atoms with Crippen molar-refractivity contribution in [2.24, 2.45) is 5.41 Å². The molecule has 0 bridgehead atoms. The van der Waals surface area contributed by atoms with Crippen molar-refractivity contribution in [3.05, 3.63) is 18.0 Å². The zero-order chi connectivity index (χ0) is 14.4. The largest absolute Gasteiger partial charge is 0.347 e. The predicted octanol–water partition coefficient (Wildman–Crippen LogP) is 1.96. The average molecular weight is 305 g/mol. The third kappa shape index (κ3) is 2.95. The van der Waals surface area contributed by atoms with Gasteiger partial charge in [0.1, 0.15) is 10.6 Å². The summed E-state index contributed by atoms with van der Waals surface area (Å²) in [6, 6.07) is 1.47. The summed E-state index contributed by atoms with van der Waals surface area (Å²) in [6.07, 6.45) is 2.32. The van der Waals surface area contributed by atoms with Crippen molar-refractivity contribution in [2.75, 3.05) is 0 Å². The number of aryl methyl sites for hydroxylation is 1. The van der Waals surface area contributed by atoms with Crippen molar-refractivity contribution < 1.29 is 13.2 Å². The van der Waals surface area contributed by atoms with Crippen molar-refractivity contribution in [1.29, 1.82) is 0 Å². The Kier molecular flexibility index (Phi) is 3.43. The summed E-state index contributed by atoms with van der Waals surface area (Å²) in [7, 11) is 1.48. The van der Waals surface area contributed by atoms with Gasteiger partial charge in [0.15, 0.2) is 0 Å². The fourth-order valence-electron chi connectivity index (χ4n) is 2.01. The first-order valence-corrected chi connectivity index (χ1v) is 8.42. The molecule has 1 amide bonds. The molecule has 1 aliphatic rings. The summed E-state index contributed by atoms with van der Waals surface area (Å²) in [5.74, 6) is -0.260. The number of hydrogen-bond acceptors (Lipinski definition) is 3. The number of nitrogens with zero attached hydrogens (tertiary/aromatic N) is 1. The van der Waals surface area contributed by atoms with E-state index < -0.39 is 9.05 Å². The van der Waals surface area contributed by atoms with Gasteiger partial charge in [-0.1, -0.05) is 13.8 Å². The summed E-state index contributed by atoms with van der Waals surface area (Å²) < 4.78 is 24.2. The van der Waals surface area contributed by atoms with Crippen LogP contribution in [0.15, 0.2) is 17.2 Å². The summed E-state index contributed by atoms with van der Waals surface area (Å²) in [5, 5.41) is 2.90. The van der Waals surface area contributed by atoms with Crippen LogP contribution in [0.1, 0.15) is 37.7 Å². The SMILES string of the molecule is CCn1cc(S(=O)(=O)Cl)cc1C(=O)NC1CC1(C)C. The molecule has 7 heteroatoms. The van der Waals surface area contributed by atoms with Crippen LogP contribution in [0.4, 0.5) is 0 Å². The Morgan fingerprint density at radius 2 is 2.16 bits per heavy atom. The lowest BCUT2D eigenvalue weighted by molar-refractivity contribution is 0.0937. The van der Waals surface area contributed by atoms with Crippen LogP contribution in [0.25, 0.3) is 0 Å². The average Bonchev–Trinajstić information content (AvgIpc) is 2.75. The molecule has 1 atom stereocenters. The number of rotatable bonds is 4. The molecule has 1 fully saturated rings. The topological polar surface area (TPSA) is 68.2 Å². The molecule has 1 heterocycles. The highest BCUT2D eigenvalue weighted by Crippen LogP contribution is 2.44. The molecular formula is C12H17ClN2O3S. The lowest BCUT2D eigenvalue weighted by Gasteiger charge is -2.08. The van der Waals surface area contributed by atoms with E-state index >= 15 is 0 Å². The fourth-order valence-corrected chi connectivity index (χ4v) is 2.77. The van der Waals surface area contributed by atoms with Crippen molar-refractivity contribution in [1.82, 2.24) is 9.88 Å². The Labute approximate surface area is 117 Å². The van der Waals surface area contributed by atoms with Crippen molar-refractivity contribution in [3.63, 3.8) is 0 Å². The third-order valence-corrected chi connectivity index (χ3v) is 4.87. The summed E-state index contributed by atoms with van der Waals surface area (Å²) in [6.45, 7) is 6.49. The fraction of sp³-hybridized carbons (Fsp3) is 0.583. The van der Waals surface area contributed by atoms with Gasteiger partial charge in [0.2, 0.25) is 0 Å². The molecule has 0 aromatic carbocycles. The van der Waals surface area contributed by atoms with Crippen molar-refractivity contribution >= 4 is 25.6 Å². The number of hydrogen-bond donors (Lipinski definition) is 1. The minimum Gasteiger partial charge on any atom is -0.347 e. The van der Waals surface area contributed by atoms with Crippen LogP contribution in [0.3, 0.4) is 0 Å². The summed E-state index contributed by atoms with van der Waals surface area (Å²) >= 11 is 0. The van der Waals surface area contributed by atoms with Crippen LogP contribution in [0.2, 0.25) is 0 Å². The number of halogens is 1. The molecule has 19 heavy (non-hydrogen) atoms. The zero-order valence-corrected chi connectivity index (χ0v) is 12.7. The van der Waals surface area contributed by atoms with E-state index in [0.29, 0.717) is 12.2 Å². The Hall–Kier alpha value is -1.01. The minimum atomic E-state index is -3.81. The lowest BCUT2D eigenvalue weighted by Crippen LogP contribution is -2.30. The maximum Gasteiger partial charge on any atom is 0.268 e. The third-order valence-electron chi connectivity index (χ3n) is 3.55. The molecule has 1 aromatic heterocycles. The van der Waals surface area contributed by atoms with Gasteiger partial charge in [0.05, 0.1) is 0 Å². The van der Waals surface area contributed by atoms with E-state index in [2.05, 4.69) is 19.2 Å². The first kappa shape index (κ1) is 14.4. The predicted molar refractivity (Wildman–Crippen MR) is 72.8 cm³/mol. The molecule has 0 spiro atoms. The second-order valence-electron chi connectivity index (χ2n) is 5.50. The van der Waals surface area contributed by atoms with Crippen LogP contribution < -0.4 is 5.32 Å². The van der Waals surface area contributed by atoms with Crippen LogP contribution in [0, 0.1) is 5.41 Å². The van der Waals surface area contributed by atoms with Gasteiger partial charge in [0.25, 0.3) is 15.0 Å². The van der Waals surface area contributed by atoms with Gasteiger partial charge in [-0.05, 0) is 24.8 Å². The van der Waals surface area contributed by atoms with E-state index in [9.17, 15) is 13.2 Å². The second kappa shape index (κ2) is 4.52. The Balaban J connectivity index is 2.24. The second-order valence-corrected chi connectivity index (χ2v) is 8.07. The quantitative estimate of drug-likeness (QED) is 0.865. The molecule has 0 saturated heterocycles. The van der Waals surface area contributed by atoms with Crippen molar-refractivity contribution in [3.8, 4) is 0 Å². The Morgan fingerprint density at radius 1 is 1.58 bits per heavy atom. The maximum atomic E-state index is 12.1. The van der Waals surface area contributed by atoms with Crippen LogP contribution in [-0.4, -0.2) is 24.9 Å². The zero-order valence-electron chi connectivity index (χ0n) is 11.1. The van der Waals surface area contributed by atoms with Gasteiger partial charge in [0, 0.05) is 29.5 Å². The number of carbonyl (C=O) groups excluding carboxylic acids is 1. The van der Waals surface area contributed by atoms with E-state index in [1.165, 1.54) is 12.3 Å². The Bertz CT molecular complexity index is 619. The normalized spacial score (nSPS) is 21.2. The number of aromatic nitrogens is 1. The minimum absolute atomic E-state index is 0.0452. The highest BCUT2D eigenvalue weighted by Gasteiger charge is 2.46. The molecule has 1 aliphatic carbocycles. The maximum absolute atomic E-state index is 12.1. The molecule has 1 unspecified atom stereocenters. The highest BCUT2D eigenvalue weighted by molar-refractivity contribution is 8.13. The number of carbonyl (C=O) groups is 1. The van der Waals surface area contributed by atoms with E-state index in [0.717, 1.165) is 6.42 Å². The molecule has 106 valence electrons. The summed E-state index contributed by atoms with van der Waals surface area (Å²) in [4.78, 5) is 12.1. The monoisotopic (exact) mass is 304 g/mol. The Morgan fingerprint density at radius 3 is 2.58 bits per heavy atom. The highest BCUT2D eigenvalue weighted by atomic mass is 35.7. The molecular weight excluding hydrogens is 288 g/mol. The molecule has 1 saturated carbocycles. The molecule has 1 N–H and O–H groups in total. The van der Waals surface area contributed by atoms with Gasteiger partial charge in [-0.2, -0.15) is 0 Å². The van der Waals surface area contributed by atoms with Gasteiger partial charge < -0.3 is 9.88 Å². The van der Waals surface area contributed by atoms with E-state index in [1.807, 2.05) is 6.92 Å². The van der Waals surface area contributed by atoms with E-state index in [1.54, 1.807) is 4.57 Å². The molecule has 0 aliphatic heterocycles. The van der Waals surface area contributed by atoms with Gasteiger partial charge in [-0.25, -0.2) is 8.42 Å². The van der Waals surface area contributed by atoms with Crippen LogP contribution >= 0.6 is 10.7 Å². The number of amides is 1. The lowest BCUT2D eigenvalue weighted by atomic mass is 10.2. The first-order valence-electron chi connectivity index (χ1n) is 6.11. The van der Waals surface area contributed by atoms with Crippen LogP contribution in [0.5, 0.6) is 0 Å². The number of nitrogens with one attached hydrogen (secondary N) is 1. The first-order chi connectivity index (χ1) is 8.65. The van der Waals surface area contributed by atoms with E-state index in [-0.39, 0.29) is 22.3 Å². The van der Waals surface area contributed by atoms with E-state index in [4.69, 9.17) is 10.7 Å². The van der Waals surface area contributed by atoms with Crippen LogP contribution in [-0.2, 0) is 15.6 Å². The van der Waals surface area contributed by atoms with Gasteiger partial charge in [-0.3, -0.25) is 4.79 Å². The standard InChI is InChI=1S/C12H17ClN2O3S/c1-4-15-7-8(19(13,17)18)5-9(15)11(16)14-10-6-12(10,2)3/h5,7,10H,4,6H2,1-3H3,(H,14,16). The summed E-state index contributed by atoms with van der Waals surface area (Å²) in [5.41, 5.74) is 0.449. The van der Waals surface area contributed by atoms with Gasteiger partial charge in [-0.15, -0.1) is 0 Å².